The van der Waals surface area contributed by atoms with Gasteiger partial charge >= 0.3 is 0 Å². The Balaban J connectivity index is 1.69. The monoisotopic (exact) mass is 208 g/mol. The summed E-state index contributed by atoms with van der Waals surface area (Å²) < 4.78 is 5.91. The van der Waals surface area contributed by atoms with Crippen LogP contribution in [-0.2, 0) is 4.74 Å². The molecule has 0 radical (unpaired) electrons. The maximum atomic E-state index is 8.80. The molecule has 0 N–H and O–H groups in total. The number of hydrogen-bond donors (Lipinski definition) is 0. The van der Waals surface area contributed by atoms with E-state index in [0.29, 0.717) is 6.10 Å². The summed E-state index contributed by atoms with van der Waals surface area (Å²) in [4.78, 5) is 2.34. The molecule has 0 aromatic heterocycles. The molecule has 1 aliphatic carbocycles. The third kappa shape index (κ3) is 2.50. The molecule has 0 aromatic carbocycles. The van der Waals surface area contributed by atoms with Crippen molar-refractivity contribution in [2.24, 2.45) is 11.3 Å². The quantitative estimate of drug-likeness (QED) is 0.707. The van der Waals surface area contributed by atoms with Crippen LogP contribution in [-0.4, -0.2) is 37.7 Å². The Hall–Kier alpha value is -0.590. The minimum atomic E-state index is 0.165. The Morgan fingerprint density at radius 1 is 1.47 bits per heavy atom. The lowest BCUT2D eigenvalue weighted by atomic mass is 10.1. The van der Waals surface area contributed by atoms with Crippen LogP contribution in [0.4, 0.5) is 0 Å². The van der Waals surface area contributed by atoms with Crippen LogP contribution in [0, 0.1) is 22.7 Å². The van der Waals surface area contributed by atoms with Crippen LogP contribution >= 0.6 is 0 Å². The van der Waals surface area contributed by atoms with Gasteiger partial charge in [-0.1, -0.05) is 6.92 Å². The van der Waals surface area contributed by atoms with Crippen LogP contribution in [0.2, 0.25) is 0 Å². The number of nitrogens with zero attached hydrogens (tertiary/aromatic N) is 2. The Bertz CT molecular complexity index is 265. The first-order valence-corrected chi connectivity index (χ1v) is 5.84. The number of piperidine rings is 1. The van der Waals surface area contributed by atoms with Crippen molar-refractivity contribution in [3.05, 3.63) is 0 Å². The highest BCUT2D eigenvalue weighted by Crippen LogP contribution is 2.52. The molecule has 15 heavy (non-hydrogen) atoms. The minimum Gasteiger partial charge on any atom is -0.378 e. The number of nitriles is 1. The Labute approximate surface area is 92.0 Å². The highest BCUT2D eigenvalue weighted by atomic mass is 16.5. The van der Waals surface area contributed by atoms with Crippen molar-refractivity contribution in [2.75, 3.05) is 26.7 Å². The van der Waals surface area contributed by atoms with Gasteiger partial charge in [0.15, 0.2) is 0 Å². The normalized spacial score (nSPS) is 37.5. The highest BCUT2D eigenvalue weighted by Gasteiger charge is 2.51. The van der Waals surface area contributed by atoms with Crippen molar-refractivity contribution in [3.8, 4) is 6.07 Å². The first-order valence-electron chi connectivity index (χ1n) is 5.84. The fourth-order valence-electron chi connectivity index (χ4n) is 2.23. The second-order valence-electron chi connectivity index (χ2n) is 5.35. The van der Waals surface area contributed by atoms with Crippen LogP contribution in [0.15, 0.2) is 0 Å². The molecule has 1 heterocycles. The second-order valence-corrected chi connectivity index (χ2v) is 5.35. The maximum Gasteiger partial charge on any atom is 0.0662 e. The molecule has 1 saturated heterocycles. The van der Waals surface area contributed by atoms with Crippen LogP contribution < -0.4 is 0 Å². The lowest BCUT2D eigenvalue weighted by molar-refractivity contribution is -0.00896. The van der Waals surface area contributed by atoms with E-state index in [1.807, 2.05) is 0 Å². The van der Waals surface area contributed by atoms with E-state index >= 15 is 0 Å². The van der Waals surface area contributed by atoms with Gasteiger partial charge in [-0.3, -0.25) is 0 Å². The van der Waals surface area contributed by atoms with Gasteiger partial charge in [-0.15, -0.1) is 0 Å². The van der Waals surface area contributed by atoms with Gasteiger partial charge in [-0.05, 0) is 26.3 Å². The fraction of sp³-hybridized carbons (Fsp3) is 0.917. The number of likely N-dealkylation sites (tertiary alicyclic amines) is 1. The number of rotatable bonds is 3. The van der Waals surface area contributed by atoms with Crippen molar-refractivity contribution >= 4 is 0 Å². The van der Waals surface area contributed by atoms with Crippen LogP contribution in [0.1, 0.15) is 26.2 Å². The maximum absolute atomic E-state index is 8.80. The molecule has 2 atom stereocenters. The lowest BCUT2D eigenvalue weighted by Crippen LogP contribution is -2.35. The summed E-state index contributed by atoms with van der Waals surface area (Å²) in [5, 5.41) is 8.80. The van der Waals surface area contributed by atoms with Gasteiger partial charge in [0.05, 0.1) is 24.7 Å². The molecule has 2 aliphatic rings. The summed E-state index contributed by atoms with van der Waals surface area (Å²) >= 11 is 0. The molecule has 3 nitrogen and oxygen atoms in total. The Morgan fingerprint density at radius 2 is 2.13 bits per heavy atom. The van der Waals surface area contributed by atoms with Gasteiger partial charge in [-0.25, -0.2) is 0 Å². The van der Waals surface area contributed by atoms with Crippen LogP contribution in [0.25, 0.3) is 0 Å². The summed E-state index contributed by atoms with van der Waals surface area (Å²) in [7, 11) is 2.16. The van der Waals surface area contributed by atoms with Gasteiger partial charge in [0.25, 0.3) is 0 Å². The lowest BCUT2D eigenvalue weighted by Gasteiger charge is -2.29. The van der Waals surface area contributed by atoms with E-state index in [0.717, 1.165) is 39.0 Å². The molecular weight excluding hydrogens is 188 g/mol. The predicted molar refractivity (Wildman–Crippen MR) is 58.3 cm³/mol. The number of hydrogen-bond acceptors (Lipinski definition) is 3. The molecule has 1 saturated carbocycles. The molecule has 0 aromatic rings. The zero-order valence-electron chi connectivity index (χ0n) is 9.70. The van der Waals surface area contributed by atoms with Gasteiger partial charge in [0, 0.05) is 18.5 Å². The SMILES string of the molecule is CN1CCC(OCC2(C)CC2C#N)CC1. The first-order chi connectivity index (χ1) is 7.14. The Kier molecular flexibility index (Phi) is 2.99. The van der Waals surface area contributed by atoms with E-state index in [9.17, 15) is 0 Å². The van der Waals surface area contributed by atoms with Crippen molar-refractivity contribution < 1.29 is 4.74 Å². The molecule has 1 aliphatic heterocycles. The largest absolute Gasteiger partial charge is 0.378 e. The highest BCUT2D eigenvalue weighted by molar-refractivity contribution is 5.10. The predicted octanol–water partition coefficient (Wildman–Crippen LogP) is 1.65. The van der Waals surface area contributed by atoms with Crippen molar-refractivity contribution in [3.63, 3.8) is 0 Å². The average Bonchev–Trinajstić information content (AvgIpc) is 2.90. The Morgan fingerprint density at radius 3 is 2.67 bits per heavy atom. The topological polar surface area (TPSA) is 36.3 Å². The molecule has 2 unspecified atom stereocenters. The van der Waals surface area contributed by atoms with Gasteiger partial charge in [0.1, 0.15) is 0 Å². The first kappa shape index (κ1) is 10.9. The van der Waals surface area contributed by atoms with Gasteiger partial charge < -0.3 is 9.64 Å². The summed E-state index contributed by atoms with van der Waals surface area (Å²) in [6.07, 6.45) is 3.74. The molecular formula is C12H20N2O. The van der Waals surface area contributed by atoms with Crippen LogP contribution in [0.5, 0.6) is 0 Å². The molecule has 3 heteroatoms. The summed E-state index contributed by atoms with van der Waals surface area (Å²) in [6, 6.07) is 2.34. The van der Waals surface area contributed by atoms with Gasteiger partial charge in [-0.2, -0.15) is 5.26 Å². The van der Waals surface area contributed by atoms with Crippen molar-refractivity contribution in [1.82, 2.24) is 4.90 Å². The molecule has 2 rings (SSSR count). The van der Waals surface area contributed by atoms with E-state index in [4.69, 9.17) is 10.00 Å². The molecule has 0 bridgehead atoms. The smallest absolute Gasteiger partial charge is 0.0662 e. The number of ether oxygens (including phenoxy) is 1. The zero-order valence-corrected chi connectivity index (χ0v) is 9.70. The molecule has 2 fully saturated rings. The average molecular weight is 208 g/mol. The second kappa shape index (κ2) is 4.11. The minimum absolute atomic E-state index is 0.165. The van der Waals surface area contributed by atoms with E-state index in [1.165, 1.54) is 0 Å². The van der Waals surface area contributed by atoms with E-state index in [-0.39, 0.29) is 11.3 Å². The van der Waals surface area contributed by atoms with Gasteiger partial charge in [0.2, 0.25) is 0 Å². The van der Waals surface area contributed by atoms with Crippen molar-refractivity contribution in [1.29, 1.82) is 5.26 Å². The molecule has 0 spiro atoms. The zero-order chi connectivity index (χ0) is 10.9. The molecule has 84 valence electrons. The van der Waals surface area contributed by atoms with Crippen molar-refractivity contribution in [2.45, 2.75) is 32.3 Å². The molecule has 0 amide bonds. The summed E-state index contributed by atoms with van der Waals surface area (Å²) in [5.41, 5.74) is 0.165. The van der Waals surface area contributed by atoms with Crippen LogP contribution in [0.3, 0.4) is 0 Å². The summed E-state index contributed by atoms with van der Waals surface area (Å²) in [5.74, 6) is 0.240. The standard InChI is InChI=1S/C12H20N2O/c1-12(7-10(12)8-13)9-15-11-3-5-14(2)6-4-11/h10-11H,3-7,9H2,1-2H3. The van der Waals surface area contributed by atoms with E-state index < -0.39 is 0 Å². The van der Waals surface area contributed by atoms with E-state index in [1.54, 1.807) is 0 Å². The summed E-state index contributed by atoms with van der Waals surface area (Å²) in [6.45, 7) is 5.22. The van der Waals surface area contributed by atoms with E-state index in [2.05, 4.69) is 24.9 Å². The fourth-order valence-corrected chi connectivity index (χ4v) is 2.23. The third-order valence-corrected chi connectivity index (χ3v) is 3.82. The third-order valence-electron chi connectivity index (χ3n) is 3.82.